The van der Waals surface area contributed by atoms with E-state index in [-0.39, 0.29) is 5.91 Å². The topological polar surface area (TPSA) is 47.2 Å². The third-order valence-electron chi connectivity index (χ3n) is 5.92. The van der Waals surface area contributed by atoms with Crippen molar-refractivity contribution in [2.24, 2.45) is 0 Å². The molecule has 3 N–H and O–H groups in total. The lowest BCUT2D eigenvalue weighted by Crippen LogP contribution is -3.28. The Balaban J connectivity index is 1.26. The van der Waals surface area contributed by atoms with E-state index in [0.717, 1.165) is 51.5 Å². The summed E-state index contributed by atoms with van der Waals surface area (Å²) in [5.41, 5.74) is 2.64. The van der Waals surface area contributed by atoms with E-state index in [9.17, 15) is 4.79 Å². The van der Waals surface area contributed by atoms with Gasteiger partial charge in [0.25, 0.3) is 5.91 Å². The van der Waals surface area contributed by atoms with Crippen molar-refractivity contribution < 1.29 is 19.3 Å². The summed E-state index contributed by atoms with van der Waals surface area (Å²) in [6, 6.07) is 18.7. The molecule has 1 fully saturated rings. The third-order valence-corrected chi connectivity index (χ3v) is 5.92. The lowest BCUT2D eigenvalue weighted by Gasteiger charge is -2.29. The van der Waals surface area contributed by atoms with Gasteiger partial charge < -0.3 is 19.9 Å². The molecule has 1 saturated heterocycles. The monoisotopic (exact) mass is 411 g/mol. The Kier molecular flexibility index (Phi) is 8.72. The predicted molar refractivity (Wildman–Crippen MR) is 120 cm³/mol. The second kappa shape index (κ2) is 11.7. The van der Waals surface area contributed by atoms with E-state index in [0.29, 0.717) is 19.0 Å². The maximum atomic E-state index is 12.3. The van der Waals surface area contributed by atoms with Crippen molar-refractivity contribution in [3.8, 4) is 5.75 Å². The van der Waals surface area contributed by atoms with E-state index in [2.05, 4.69) is 43.4 Å². The summed E-state index contributed by atoms with van der Waals surface area (Å²) < 4.78 is 5.81. The van der Waals surface area contributed by atoms with Gasteiger partial charge in [-0.2, -0.15) is 0 Å². The molecule has 2 aromatic rings. The first-order valence-corrected chi connectivity index (χ1v) is 11.3. The number of hydrogen-bond donors (Lipinski definition) is 3. The summed E-state index contributed by atoms with van der Waals surface area (Å²) in [5, 5.41) is 3.09. The highest BCUT2D eigenvalue weighted by Crippen LogP contribution is 2.14. The molecule has 1 aliphatic heterocycles. The Bertz CT molecular complexity index is 754. The molecule has 0 unspecified atom stereocenters. The van der Waals surface area contributed by atoms with Crippen LogP contribution in [0.4, 0.5) is 0 Å². The average molecular weight is 412 g/mol. The van der Waals surface area contributed by atoms with Gasteiger partial charge in [0.15, 0.2) is 6.54 Å². The molecule has 0 spiro atoms. The van der Waals surface area contributed by atoms with Crippen LogP contribution < -0.4 is 19.9 Å². The molecule has 1 amide bonds. The van der Waals surface area contributed by atoms with Gasteiger partial charge in [-0.25, -0.2) is 0 Å². The molecule has 162 valence electrons. The van der Waals surface area contributed by atoms with Gasteiger partial charge in [0.1, 0.15) is 45.1 Å². The van der Waals surface area contributed by atoms with Crippen molar-refractivity contribution in [1.29, 1.82) is 0 Å². The Morgan fingerprint density at radius 2 is 1.63 bits per heavy atom. The normalized spacial score (nSPS) is 18.9. The van der Waals surface area contributed by atoms with Crippen LogP contribution in [0.1, 0.15) is 30.9 Å². The molecule has 0 saturated carbocycles. The number of hydrogen-bond acceptors (Lipinski definition) is 2. The second-order valence-electron chi connectivity index (χ2n) is 8.58. The second-order valence-corrected chi connectivity index (χ2v) is 8.58. The Morgan fingerprint density at radius 1 is 0.967 bits per heavy atom. The standard InChI is InChI=1S/C25H35N3O2/c1-21(2)23-10-8-22(9-11-23)12-13-26-25(29)20-28-16-14-27(15-17-28)18-19-30-24-6-4-3-5-7-24/h3-11,21H,12-20H2,1-2H3,(H,26,29)/p+2. The molecule has 1 heterocycles. The van der Waals surface area contributed by atoms with Gasteiger partial charge in [-0.1, -0.05) is 56.3 Å². The minimum atomic E-state index is 0.166. The van der Waals surface area contributed by atoms with Crippen molar-refractivity contribution >= 4 is 5.91 Å². The lowest BCUT2D eigenvalue weighted by molar-refractivity contribution is -1.01. The minimum absolute atomic E-state index is 0.166. The largest absolute Gasteiger partial charge is 0.488 e. The zero-order chi connectivity index (χ0) is 21.2. The van der Waals surface area contributed by atoms with Crippen LogP contribution in [0.3, 0.4) is 0 Å². The Hall–Kier alpha value is -2.37. The average Bonchev–Trinajstić information content (AvgIpc) is 2.76. The molecular formula is C25H37N3O2+2. The van der Waals surface area contributed by atoms with E-state index in [4.69, 9.17) is 4.74 Å². The number of rotatable bonds is 10. The first-order chi connectivity index (χ1) is 14.6. The number of carbonyl (C=O) groups excluding carboxylic acids is 1. The number of nitrogens with one attached hydrogen (secondary N) is 3. The zero-order valence-electron chi connectivity index (χ0n) is 18.5. The van der Waals surface area contributed by atoms with Crippen molar-refractivity contribution in [2.45, 2.75) is 26.2 Å². The van der Waals surface area contributed by atoms with Crippen LogP contribution in [0.25, 0.3) is 0 Å². The molecule has 0 aliphatic carbocycles. The number of quaternary nitrogens is 2. The highest BCUT2D eigenvalue weighted by molar-refractivity contribution is 5.76. The van der Waals surface area contributed by atoms with E-state index in [1.54, 1.807) is 4.90 Å². The summed E-state index contributed by atoms with van der Waals surface area (Å²) in [5.74, 6) is 1.66. The minimum Gasteiger partial charge on any atom is -0.488 e. The van der Waals surface area contributed by atoms with Crippen LogP contribution in [0.2, 0.25) is 0 Å². The molecule has 5 nitrogen and oxygen atoms in total. The lowest BCUT2D eigenvalue weighted by atomic mass is 10.0. The maximum absolute atomic E-state index is 12.3. The first-order valence-electron chi connectivity index (χ1n) is 11.3. The van der Waals surface area contributed by atoms with Crippen molar-refractivity contribution in [1.82, 2.24) is 5.32 Å². The van der Waals surface area contributed by atoms with Gasteiger partial charge in [0.05, 0.1) is 0 Å². The van der Waals surface area contributed by atoms with Crippen LogP contribution in [-0.2, 0) is 11.2 Å². The molecule has 2 aromatic carbocycles. The summed E-state index contributed by atoms with van der Waals surface area (Å²) in [6.07, 6.45) is 0.888. The molecule has 0 radical (unpaired) electrons. The number of amides is 1. The number of para-hydroxylation sites is 1. The zero-order valence-corrected chi connectivity index (χ0v) is 18.5. The van der Waals surface area contributed by atoms with Crippen molar-refractivity contribution in [3.05, 3.63) is 65.7 Å². The van der Waals surface area contributed by atoms with Crippen LogP contribution in [0, 0.1) is 0 Å². The fraction of sp³-hybridized carbons (Fsp3) is 0.480. The number of piperazine rings is 1. The highest BCUT2D eigenvalue weighted by atomic mass is 16.5. The SMILES string of the molecule is CC(C)c1ccc(CCNC(=O)C[NH+]2CC[NH+](CCOc3ccccc3)CC2)cc1. The molecule has 0 bridgehead atoms. The smallest absolute Gasteiger partial charge is 0.275 e. The molecular weight excluding hydrogens is 374 g/mol. The van der Waals surface area contributed by atoms with Gasteiger partial charge in [-0.05, 0) is 35.6 Å². The van der Waals surface area contributed by atoms with E-state index < -0.39 is 0 Å². The quantitative estimate of drug-likeness (QED) is 0.528. The van der Waals surface area contributed by atoms with Crippen LogP contribution >= 0.6 is 0 Å². The number of benzene rings is 2. The van der Waals surface area contributed by atoms with Crippen LogP contribution in [-0.4, -0.2) is 58.3 Å². The molecule has 1 aliphatic rings. The summed E-state index contributed by atoms with van der Waals surface area (Å²) in [7, 11) is 0. The maximum Gasteiger partial charge on any atom is 0.275 e. The number of carbonyl (C=O) groups is 1. The molecule has 30 heavy (non-hydrogen) atoms. The van der Waals surface area contributed by atoms with E-state index >= 15 is 0 Å². The summed E-state index contributed by atoms with van der Waals surface area (Å²) in [6.45, 7) is 11.8. The van der Waals surface area contributed by atoms with Gasteiger partial charge in [-0.3, -0.25) is 4.79 Å². The summed E-state index contributed by atoms with van der Waals surface area (Å²) in [4.78, 5) is 15.3. The molecule has 0 aromatic heterocycles. The van der Waals surface area contributed by atoms with E-state index in [1.807, 2.05) is 30.3 Å². The molecule has 5 heteroatoms. The van der Waals surface area contributed by atoms with Crippen LogP contribution in [0.5, 0.6) is 5.75 Å². The van der Waals surface area contributed by atoms with Gasteiger partial charge in [0, 0.05) is 6.54 Å². The predicted octanol–water partition coefficient (Wildman–Crippen LogP) is 0.331. The van der Waals surface area contributed by atoms with Gasteiger partial charge in [0.2, 0.25) is 0 Å². The fourth-order valence-electron chi connectivity index (χ4n) is 3.92. The third kappa shape index (κ3) is 7.47. The molecule has 0 atom stereocenters. The molecule has 3 rings (SSSR count). The van der Waals surface area contributed by atoms with Crippen molar-refractivity contribution in [2.75, 3.05) is 52.4 Å². The first kappa shape index (κ1) is 22.3. The Labute approximate surface area is 181 Å². The van der Waals surface area contributed by atoms with Crippen molar-refractivity contribution in [3.63, 3.8) is 0 Å². The van der Waals surface area contributed by atoms with Gasteiger partial charge in [-0.15, -0.1) is 0 Å². The van der Waals surface area contributed by atoms with Crippen LogP contribution in [0.15, 0.2) is 54.6 Å². The fourth-order valence-corrected chi connectivity index (χ4v) is 3.92. The summed E-state index contributed by atoms with van der Waals surface area (Å²) >= 11 is 0. The van der Waals surface area contributed by atoms with E-state index in [1.165, 1.54) is 16.0 Å². The Morgan fingerprint density at radius 3 is 2.30 bits per heavy atom. The highest BCUT2D eigenvalue weighted by Gasteiger charge is 2.24. The number of ether oxygens (including phenoxy) is 1. The van der Waals surface area contributed by atoms with Gasteiger partial charge >= 0.3 is 0 Å².